The number of nitrogens with one attached hydrogen (secondary N) is 1. The van der Waals surface area contributed by atoms with Crippen molar-refractivity contribution < 1.29 is 18.3 Å². The van der Waals surface area contributed by atoms with E-state index in [4.69, 9.17) is 10.8 Å². The molecule has 19 heavy (non-hydrogen) atoms. The summed E-state index contributed by atoms with van der Waals surface area (Å²) in [5.74, 6) is -0.493. The van der Waals surface area contributed by atoms with Crippen molar-refractivity contribution in [1.82, 2.24) is 4.72 Å². The fourth-order valence-electron chi connectivity index (χ4n) is 1.45. The molecule has 1 aromatic rings. The first-order valence-corrected chi connectivity index (χ1v) is 8.37. The predicted octanol–water partition coefficient (Wildman–Crippen LogP) is 0.998. The Labute approximate surface area is 116 Å². The highest BCUT2D eigenvalue weighted by atomic mass is 32.2. The van der Waals surface area contributed by atoms with E-state index < -0.39 is 16.0 Å². The quantitative estimate of drug-likeness (QED) is 0.512. The highest BCUT2D eigenvalue weighted by Crippen LogP contribution is 2.18. The number of thioether (sulfide) groups is 1. The lowest BCUT2D eigenvalue weighted by atomic mass is 10.2. The Morgan fingerprint density at radius 3 is 2.74 bits per heavy atom. The molecule has 0 aromatic heterocycles. The Balaban J connectivity index is 2.98. The lowest BCUT2D eigenvalue weighted by molar-refractivity contribution is 0.0692. The minimum atomic E-state index is -3.83. The van der Waals surface area contributed by atoms with Crippen LogP contribution in [0.2, 0.25) is 0 Å². The molecule has 0 amide bonds. The van der Waals surface area contributed by atoms with Gasteiger partial charge in [0.1, 0.15) is 0 Å². The van der Waals surface area contributed by atoms with Crippen LogP contribution in [-0.4, -0.2) is 38.0 Å². The first-order chi connectivity index (χ1) is 8.88. The average Bonchev–Trinajstić information content (AvgIpc) is 2.34. The molecular weight excluding hydrogens is 288 g/mol. The zero-order valence-electron chi connectivity index (χ0n) is 10.4. The maximum absolute atomic E-state index is 12.0. The van der Waals surface area contributed by atoms with E-state index in [-0.39, 0.29) is 22.7 Å². The van der Waals surface area contributed by atoms with E-state index >= 15 is 0 Å². The third-order valence-electron chi connectivity index (χ3n) is 2.34. The number of nitrogens with two attached hydrogens (primary N) is 1. The molecule has 106 valence electrons. The molecule has 0 saturated carbocycles. The molecule has 0 unspecified atom stereocenters. The number of carbonyl (C=O) groups is 1. The van der Waals surface area contributed by atoms with Gasteiger partial charge in [0.25, 0.3) is 0 Å². The minimum absolute atomic E-state index is 0.207. The Hall–Kier alpha value is -1.25. The van der Waals surface area contributed by atoms with Gasteiger partial charge >= 0.3 is 5.97 Å². The third kappa shape index (κ3) is 4.41. The molecule has 1 rings (SSSR count). The molecule has 0 aliphatic heterocycles. The van der Waals surface area contributed by atoms with Crippen LogP contribution in [0, 0.1) is 0 Å². The highest BCUT2D eigenvalue weighted by molar-refractivity contribution is 7.98. The zero-order chi connectivity index (χ0) is 14.5. The lowest BCUT2D eigenvalue weighted by Crippen LogP contribution is -2.27. The number of carboxylic acid groups (broad SMARTS) is 1. The van der Waals surface area contributed by atoms with Crippen LogP contribution in [0.1, 0.15) is 16.8 Å². The number of benzene rings is 1. The number of anilines is 1. The van der Waals surface area contributed by atoms with Gasteiger partial charge in [0, 0.05) is 12.2 Å². The number of sulfonamides is 1. The molecule has 0 heterocycles. The summed E-state index contributed by atoms with van der Waals surface area (Å²) in [4.78, 5) is 10.8. The number of rotatable bonds is 7. The summed E-state index contributed by atoms with van der Waals surface area (Å²) >= 11 is 1.61. The molecule has 8 heteroatoms. The summed E-state index contributed by atoms with van der Waals surface area (Å²) in [5.41, 5.74) is 5.35. The second-order valence-electron chi connectivity index (χ2n) is 3.80. The van der Waals surface area contributed by atoms with Crippen LogP contribution in [-0.2, 0) is 10.0 Å². The van der Waals surface area contributed by atoms with Gasteiger partial charge in [-0.05, 0) is 36.6 Å². The van der Waals surface area contributed by atoms with Gasteiger partial charge in [-0.2, -0.15) is 11.8 Å². The van der Waals surface area contributed by atoms with Gasteiger partial charge in [-0.3, -0.25) is 0 Å². The summed E-state index contributed by atoms with van der Waals surface area (Å²) in [6.45, 7) is 0.270. The number of hydrogen-bond acceptors (Lipinski definition) is 5. The highest BCUT2D eigenvalue weighted by Gasteiger charge is 2.21. The fourth-order valence-corrected chi connectivity index (χ4v) is 3.13. The summed E-state index contributed by atoms with van der Waals surface area (Å²) in [6, 6.07) is 3.71. The molecule has 0 saturated heterocycles. The van der Waals surface area contributed by atoms with Crippen molar-refractivity contribution >= 4 is 33.4 Å². The molecule has 0 spiro atoms. The van der Waals surface area contributed by atoms with Crippen LogP contribution in [0.15, 0.2) is 23.1 Å². The zero-order valence-corrected chi connectivity index (χ0v) is 12.1. The number of aromatic carboxylic acids is 1. The molecule has 4 N–H and O–H groups in total. The van der Waals surface area contributed by atoms with Crippen molar-refractivity contribution in [2.75, 3.05) is 24.3 Å². The van der Waals surface area contributed by atoms with Gasteiger partial charge in [0.15, 0.2) is 0 Å². The first kappa shape index (κ1) is 15.8. The van der Waals surface area contributed by atoms with Crippen LogP contribution in [0.25, 0.3) is 0 Å². The van der Waals surface area contributed by atoms with Crippen molar-refractivity contribution in [2.45, 2.75) is 11.3 Å². The number of nitrogen functional groups attached to an aromatic ring is 1. The van der Waals surface area contributed by atoms with Crippen molar-refractivity contribution in [2.24, 2.45) is 0 Å². The first-order valence-electron chi connectivity index (χ1n) is 5.50. The monoisotopic (exact) mass is 304 g/mol. The van der Waals surface area contributed by atoms with Gasteiger partial charge in [-0.15, -0.1) is 0 Å². The summed E-state index contributed by atoms with van der Waals surface area (Å²) < 4.78 is 26.4. The molecule has 1 aromatic carbocycles. The van der Waals surface area contributed by atoms with E-state index in [1.165, 1.54) is 12.1 Å². The van der Waals surface area contributed by atoms with Gasteiger partial charge in [-0.1, -0.05) is 0 Å². The van der Waals surface area contributed by atoms with E-state index in [0.717, 1.165) is 11.8 Å². The van der Waals surface area contributed by atoms with Gasteiger partial charge < -0.3 is 10.8 Å². The van der Waals surface area contributed by atoms with Crippen molar-refractivity contribution in [1.29, 1.82) is 0 Å². The van der Waals surface area contributed by atoms with Crippen LogP contribution in [0.3, 0.4) is 0 Å². The van der Waals surface area contributed by atoms with Gasteiger partial charge in [-0.25, -0.2) is 17.9 Å². The average molecular weight is 304 g/mol. The van der Waals surface area contributed by atoms with Crippen LogP contribution in [0.4, 0.5) is 5.69 Å². The van der Waals surface area contributed by atoms with E-state index in [9.17, 15) is 13.2 Å². The second kappa shape index (κ2) is 6.78. The Kier molecular flexibility index (Phi) is 5.64. The standard InChI is InChI=1S/C11H16N2O4S2/c1-18-6-2-5-13-19(16,17)10-4-3-8(12)7-9(10)11(14)15/h3-4,7,13H,2,5-6,12H2,1H3,(H,14,15). The molecule has 0 atom stereocenters. The molecule has 6 nitrogen and oxygen atoms in total. The fraction of sp³-hybridized carbons (Fsp3) is 0.364. The van der Waals surface area contributed by atoms with E-state index in [0.29, 0.717) is 6.42 Å². The van der Waals surface area contributed by atoms with E-state index in [2.05, 4.69) is 4.72 Å². The molecular formula is C11H16N2O4S2. The minimum Gasteiger partial charge on any atom is -0.478 e. The van der Waals surface area contributed by atoms with Gasteiger partial charge in [0.2, 0.25) is 10.0 Å². The van der Waals surface area contributed by atoms with E-state index in [1.54, 1.807) is 11.8 Å². The summed E-state index contributed by atoms with van der Waals surface area (Å²) in [5, 5.41) is 9.01. The van der Waals surface area contributed by atoms with Crippen molar-refractivity contribution in [3.8, 4) is 0 Å². The van der Waals surface area contributed by atoms with Crippen LogP contribution >= 0.6 is 11.8 Å². The Bertz CT molecular complexity index is 558. The second-order valence-corrected chi connectivity index (χ2v) is 6.53. The smallest absolute Gasteiger partial charge is 0.337 e. The van der Waals surface area contributed by atoms with Crippen LogP contribution in [0.5, 0.6) is 0 Å². The maximum Gasteiger partial charge on any atom is 0.337 e. The SMILES string of the molecule is CSCCCNS(=O)(=O)c1ccc(N)cc1C(=O)O. The molecule has 0 fully saturated rings. The van der Waals surface area contributed by atoms with Crippen molar-refractivity contribution in [3.63, 3.8) is 0 Å². The number of carboxylic acids is 1. The lowest BCUT2D eigenvalue weighted by Gasteiger charge is -2.09. The molecule has 0 bridgehead atoms. The molecule has 0 aliphatic rings. The normalized spacial score (nSPS) is 11.4. The molecule has 0 radical (unpaired) electrons. The summed E-state index contributed by atoms with van der Waals surface area (Å²) in [7, 11) is -3.83. The van der Waals surface area contributed by atoms with Crippen LogP contribution < -0.4 is 10.5 Å². The topological polar surface area (TPSA) is 109 Å². The molecule has 0 aliphatic carbocycles. The third-order valence-corrected chi connectivity index (χ3v) is 4.56. The van der Waals surface area contributed by atoms with Gasteiger partial charge in [0.05, 0.1) is 10.5 Å². The number of hydrogen-bond donors (Lipinski definition) is 3. The Morgan fingerprint density at radius 2 is 2.16 bits per heavy atom. The maximum atomic E-state index is 12.0. The largest absolute Gasteiger partial charge is 0.478 e. The van der Waals surface area contributed by atoms with E-state index in [1.807, 2.05) is 6.26 Å². The summed E-state index contributed by atoms with van der Waals surface area (Å²) in [6.07, 6.45) is 2.61. The van der Waals surface area contributed by atoms with Crippen molar-refractivity contribution in [3.05, 3.63) is 23.8 Å². The predicted molar refractivity (Wildman–Crippen MR) is 76.0 cm³/mol. The Morgan fingerprint density at radius 1 is 1.47 bits per heavy atom.